The molecule has 0 saturated carbocycles. The van der Waals surface area contributed by atoms with Gasteiger partial charge in [0.05, 0.1) is 31.9 Å². The van der Waals surface area contributed by atoms with Crippen molar-refractivity contribution in [1.29, 1.82) is 0 Å². The topological polar surface area (TPSA) is 61.8 Å². The second-order valence-corrected chi connectivity index (χ2v) is 7.80. The highest BCUT2D eigenvalue weighted by Crippen LogP contribution is 2.16. The van der Waals surface area contributed by atoms with E-state index in [1.165, 1.54) is 0 Å². The Kier molecular flexibility index (Phi) is 5.96. The summed E-state index contributed by atoms with van der Waals surface area (Å²) in [4.78, 5) is 28.2. The molecule has 0 aromatic carbocycles. The Labute approximate surface area is 163 Å². The molecule has 2 saturated heterocycles. The van der Waals surface area contributed by atoms with E-state index < -0.39 is 0 Å². The van der Waals surface area contributed by atoms with E-state index in [4.69, 9.17) is 4.74 Å². The number of thiazole rings is 1. The van der Waals surface area contributed by atoms with Gasteiger partial charge in [-0.2, -0.15) is 0 Å². The standard InChI is InChI=1S/C19H25N5O2S/c25-19(24-7-5-23(6-8-24)17-3-1-2-4-20-17)13-16-15-27-18(21-16)14-22-9-11-26-12-10-22/h1-4,15H,5-14H2. The highest BCUT2D eigenvalue weighted by molar-refractivity contribution is 7.09. The molecule has 1 amide bonds. The first kappa shape index (κ1) is 18.3. The first-order valence-electron chi connectivity index (χ1n) is 9.45. The van der Waals surface area contributed by atoms with Gasteiger partial charge >= 0.3 is 0 Å². The van der Waals surface area contributed by atoms with Gasteiger partial charge in [0, 0.05) is 50.8 Å². The molecular formula is C19H25N5O2S. The Morgan fingerprint density at radius 3 is 2.67 bits per heavy atom. The predicted molar refractivity (Wildman–Crippen MR) is 105 cm³/mol. The molecular weight excluding hydrogens is 362 g/mol. The molecule has 0 spiro atoms. The van der Waals surface area contributed by atoms with Crippen molar-refractivity contribution < 1.29 is 9.53 Å². The third-order valence-electron chi connectivity index (χ3n) is 5.00. The number of rotatable bonds is 5. The average molecular weight is 388 g/mol. The van der Waals surface area contributed by atoms with Crippen molar-refractivity contribution in [3.05, 3.63) is 40.5 Å². The lowest BCUT2D eigenvalue weighted by molar-refractivity contribution is -0.130. The fourth-order valence-corrected chi connectivity index (χ4v) is 4.28. The summed E-state index contributed by atoms with van der Waals surface area (Å²) in [7, 11) is 0. The molecule has 144 valence electrons. The molecule has 2 fully saturated rings. The van der Waals surface area contributed by atoms with Crippen molar-refractivity contribution in [2.24, 2.45) is 0 Å². The van der Waals surface area contributed by atoms with Gasteiger partial charge in [0.1, 0.15) is 10.8 Å². The van der Waals surface area contributed by atoms with Gasteiger partial charge in [0.25, 0.3) is 0 Å². The summed E-state index contributed by atoms with van der Waals surface area (Å²) in [5.41, 5.74) is 0.889. The van der Waals surface area contributed by atoms with E-state index in [-0.39, 0.29) is 5.91 Å². The summed E-state index contributed by atoms with van der Waals surface area (Å²) in [6.07, 6.45) is 2.20. The van der Waals surface area contributed by atoms with Gasteiger partial charge in [-0.25, -0.2) is 9.97 Å². The zero-order chi connectivity index (χ0) is 18.5. The molecule has 0 radical (unpaired) electrons. The van der Waals surface area contributed by atoms with Crippen LogP contribution in [0.5, 0.6) is 0 Å². The smallest absolute Gasteiger partial charge is 0.228 e. The predicted octanol–water partition coefficient (Wildman–Crippen LogP) is 1.26. The van der Waals surface area contributed by atoms with Crippen molar-refractivity contribution in [3.8, 4) is 0 Å². The van der Waals surface area contributed by atoms with E-state index in [9.17, 15) is 4.79 Å². The van der Waals surface area contributed by atoms with E-state index in [0.29, 0.717) is 6.42 Å². The highest BCUT2D eigenvalue weighted by atomic mass is 32.1. The number of ether oxygens (including phenoxy) is 1. The number of morpholine rings is 1. The van der Waals surface area contributed by atoms with E-state index in [1.54, 1.807) is 11.3 Å². The van der Waals surface area contributed by atoms with Crippen LogP contribution in [0.15, 0.2) is 29.8 Å². The van der Waals surface area contributed by atoms with Crippen molar-refractivity contribution in [2.75, 3.05) is 57.4 Å². The molecule has 0 N–H and O–H groups in total. The number of nitrogens with zero attached hydrogens (tertiary/aromatic N) is 5. The van der Waals surface area contributed by atoms with Crippen LogP contribution in [0.25, 0.3) is 0 Å². The lowest BCUT2D eigenvalue weighted by atomic mass is 10.2. The van der Waals surface area contributed by atoms with Crippen LogP contribution in [0, 0.1) is 0 Å². The summed E-state index contributed by atoms with van der Waals surface area (Å²) in [6.45, 7) is 7.46. The molecule has 27 heavy (non-hydrogen) atoms. The second-order valence-electron chi connectivity index (χ2n) is 6.85. The van der Waals surface area contributed by atoms with Crippen LogP contribution in [-0.4, -0.2) is 78.2 Å². The number of anilines is 1. The summed E-state index contributed by atoms with van der Waals surface area (Å²) >= 11 is 1.65. The van der Waals surface area contributed by atoms with Crippen LogP contribution >= 0.6 is 11.3 Å². The summed E-state index contributed by atoms with van der Waals surface area (Å²) in [5, 5.41) is 3.11. The van der Waals surface area contributed by atoms with Crippen LogP contribution in [-0.2, 0) is 22.5 Å². The maximum Gasteiger partial charge on any atom is 0.228 e. The highest BCUT2D eigenvalue weighted by Gasteiger charge is 2.22. The monoisotopic (exact) mass is 387 g/mol. The van der Waals surface area contributed by atoms with Crippen molar-refractivity contribution in [1.82, 2.24) is 19.8 Å². The maximum atomic E-state index is 12.6. The number of pyridine rings is 1. The van der Waals surface area contributed by atoms with E-state index in [2.05, 4.69) is 19.8 Å². The Bertz CT molecular complexity index is 740. The van der Waals surface area contributed by atoms with Crippen LogP contribution in [0.2, 0.25) is 0 Å². The minimum absolute atomic E-state index is 0.166. The van der Waals surface area contributed by atoms with Gasteiger partial charge in [-0.3, -0.25) is 9.69 Å². The molecule has 4 heterocycles. The number of amides is 1. The Morgan fingerprint density at radius 1 is 1.11 bits per heavy atom. The zero-order valence-corrected chi connectivity index (χ0v) is 16.2. The first-order valence-corrected chi connectivity index (χ1v) is 10.3. The van der Waals surface area contributed by atoms with Crippen molar-refractivity contribution in [3.63, 3.8) is 0 Å². The molecule has 2 aromatic rings. The van der Waals surface area contributed by atoms with Crippen LogP contribution in [0.3, 0.4) is 0 Å². The molecule has 0 atom stereocenters. The molecule has 7 nitrogen and oxygen atoms in total. The lowest BCUT2D eigenvalue weighted by Crippen LogP contribution is -2.49. The maximum absolute atomic E-state index is 12.6. The minimum atomic E-state index is 0.166. The molecule has 0 bridgehead atoms. The van der Waals surface area contributed by atoms with Gasteiger partial charge in [0.2, 0.25) is 5.91 Å². The number of piperazine rings is 1. The molecule has 4 rings (SSSR count). The number of aromatic nitrogens is 2. The summed E-state index contributed by atoms with van der Waals surface area (Å²) < 4.78 is 5.38. The SMILES string of the molecule is O=C(Cc1csc(CN2CCOCC2)n1)N1CCN(c2ccccn2)CC1. The van der Waals surface area contributed by atoms with Gasteiger partial charge in [0.15, 0.2) is 0 Å². The second kappa shape index (κ2) is 8.77. The zero-order valence-electron chi connectivity index (χ0n) is 15.4. The Hall–Kier alpha value is -2.03. The average Bonchev–Trinajstić information content (AvgIpc) is 3.16. The van der Waals surface area contributed by atoms with E-state index >= 15 is 0 Å². The fraction of sp³-hybridized carbons (Fsp3) is 0.526. The molecule has 0 aliphatic carbocycles. The normalized spacial score (nSPS) is 18.7. The molecule has 2 aromatic heterocycles. The Morgan fingerprint density at radius 2 is 1.93 bits per heavy atom. The van der Waals surface area contributed by atoms with Crippen LogP contribution in [0.1, 0.15) is 10.7 Å². The van der Waals surface area contributed by atoms with Crippen molar-refractivity contribution >= 4 is 23.1 Å². The lowest BCUT2D eigenvalue weighted by Gasteiger charge is -2.35. The number of hydrogen-bond donors (Lipinski definition) is 0. The third kappa shape index (κ3) is 4.82. The largest absolute Gasteiger partial charge is 0.379 e. The van der Waals surface area contributed by atoms with E-state index in [0.717, 1.165) is 75.5 Å². The minimum Gasteiger partial charge on any atom is -0.379 e. The van der Waals surface area contributed by atoms with Gasteiger partial charge in [-0.15, -0.1) is 11.3 Å². The molecule has 8 heteroatoms. The first-order chi connectivity index (χ1) is 13.3. The van der Waals surface area contributed by atoms with Crippen LogP contribution < -0.4 is 4.90 Å². The fourth-order valence-electron chi connectivity index (χ4n) is 3.45. The number of carbonyl (C=O) groups excluding carboxylic acids is 1. The van der Waals surface area contributed by atoms with Gasteiger partial charge in [-0.05, 0) is 12.1 Å². The Balaban J connectivity index is 1.26. The third-order valence-corrected chi connectivity index (χ3v) is 5.88. The number of carbonyl (C=O) groups is 1. The van der Waals surface area contributed by atoms with Crippen molar-refractivity contribution in [2.45, 2.75) is 13.0 Å². The van der Waals surface area contributed by atoms with E-state index in [1.807, 2.05) is 34.7 Å². The summed E-state index contributed by atoms with van der Waals surface area (Å²) in [5.74, 6) is 1.15. The molecule has 2 aliphatic rings. The number of hydrogen-bond acceptors (Lipinski definition) is 7. The quantitative estimate of drug-likeness (QED) is 0.770. The van der Waals surface area contributed by atoms with Crippen LogP contribution in [0.4, 0.5) is 5.82 Å². The molecule has 2 aliphatic heterocycles. The summed E-state index contributed by atoms with van der Waals surface area (Å²) in [6, 6.07) is 5.93. The van der Waals surface area contributed by atoms with Gasteiger partial charge < -0.3 is 14.5 Å². The molecule has 0 unspecified atom stereocenters. The van der Waals surface area contributed by atoms with Gasteiger partial charge in [-0.1, -0.05) is 6.07 Å².